The van der Waals surface area contributed by atoms with Gasteiger partial charge in [0.1, 0.15) is 0 Å². The van der Waals surface area contributed by atoms with Crippen molar-refractivity contribution in [1.29, 1.82) is 0 Å². The number of hydrogen-bond donors (Lipinski definition) is 2. The summed E-state index contributed by atoms with van der Waals surface area (Å²) in [6, 6.07) is 14.5. The fourth-order valence-electron chi connectivity index (χ4n) is 3.60. The normalized spacial score (nSPS) is 14.0. The van der Waals surface area contributed by atoms with Gasteiger partial charge in [-0.1, -0.05) is 30.3 Å². The van der Waals surface area contributed by atoms with Crippen molar-refractivity contribution in [3.8, 4) is 0 Å². The molecule has 0 atom stereocenters. The standard InChI is InChI=1S/C22H23N5O3/c1-26-18-8-7-16(24-19(28)13-15-5-3-2-4-6-15)14-17(18)21(29)20(25-26)22(30)27-11-9-23-10-12-27/h2-8,14,23H,9-13H2,1H3,(H,24,28). The molecule has 30 heavy (non-hydrogen) atoms. The van der Waals surface area contributed by atoms with E-state index >= 15 is 0 Å². The van der Waals surface area contributed by atoms with Gasteiger partial charge in [0.25, 0.3) is 5.91 Å². The van der Waals surface area contributed by atoms with Gasteiger partial charge in [-0.3, -0.25) is 19.1 Å². The Morgan fingerprint density at radius 3 is 2.57 bits per heavy atom. The molecule has 4 rings (SSSR count). The van der Waals surface area contributed by atoms with E-state index in [1.807, 2.05) is 30.3 Å². The van der Waals surface area contributed by atoms with Gasteiger partial charge in [-0.25, -0.2) is 0 Å². The number of carbonyl (C=O) groups excluding carboxylic acids is 2. The topological polar surface area (TPSA) is 96.3 Å². The van der Waals surface area contributed by atoms with Gasteiger partial charge < -0.3 is 15.5 Å². The molecule has 0 aliphatic carbocycles. The van der Waals surface area contributed by atoms with E-state index in [-0.39, 0.29) is 23.9 Å². The van der Waals surface area contributed by atoms with E-state index in [0.717, 1.165) is 5.56 Å². The lowest BCUT2D eigenvalue weighted by molar-refractivity contribution is -0.115. The Labute approximate surface area is 173 Å². The van der Waals surface area contributed by atoms with Gasteiger partial charge in [-0.05, 0) is 23.8 Å². The predicted octanol–water partition coefficient (Wildman–Crippen LogP) is 1.16. The first-order chi connectivity index (χ1) is 14.5. The lowest BCUT2D eigenvalue weighted by Crippen LogP contribution is -2.47. The molecule has 0 bridgehead atoms. The first kappa shape index (κ1) is 19.8. The summed E-state index contributed by atoms with van der Waals surface area (Å²) in [6.07, 6.45) is 0.236. The van der Waals surface area contributed by atoms with Crippen LogP contribution in [-0.4, -0.2) is 52.7 Å². The van der Waals surface area contributed by atoms with Crippen LogP contribution in [-0.2, 0) is 18.3 Å². The second-order valence-corrected chi connectivity index (χ2v) is 7.29. The minimum absolute atomic E-state index is 0.0975. The van der Waals surface area contributed by atoms with Gasteiger partial charge in [-0.15, -0.1) is 0 Å². The van der Waals surface area contributed by atoms with Crippen LogP contribution >= 0.6 is 0 Å². The van der Waals surface area contributed by atoms with E-state index in [1.54, 1.807) is 30.1 Å². The molecule has 2 amide bonds. The average Bonchev–Trinajstić information content (AvgIpc) is 2.77. The highest BCUT2D eigenvalue weighted by Crippen LogP contribution is 2.17. The highest BCUT2D eigenvalue weighted by atomic mass is 16.2. The fraction of sp³-hybridized carbons (Fsp3) is 0.273. The van der Waals surface area contributed by atoms with Crippen LogP contribution in [0.15, 0.2) is 53.3 Å². The SMILES string of the molecule is Cn1nc(C(=O)N2CCNCC2)c(=O)c2cc(NC(=O)Cc3ccccc3)ccc21. The van der Waals surface area contributed by atoms with Crippen LogP contribution in [0.1, 0.15) is 16.1 Å². The molecule has 0 radical (unpaired) electrons. The maximum Gasteiger partial charge on any atom is 0.278 e. The zero-order chi connectivity index (χ0) is 21.1. The smallest absolute Gasteiger partial charge is 0.278 e. The summed E-state index contributed by atoms with van der Waals surface area (Å²) in [6.45, 7) is 2.46. The molecule has 8 heteroatoms. The average molecular weight is 405 g/mol. The van der Waals surface area contributed by atoms with Gasteiger partial charge in [0.05, 0.1) is 17.3 Å². The molecule has 1 saturated heterocycles. The number of rotatable bonds is 4. The monoisotopic (exact) mass is 405 g/mol. The quantitative estimate of drug-likeness (QED) is 0.679. The van der Waals surface area contributed by atoms with Crippen molar-refractivity contribution in [3.05, 3.63) is 70.0 Å². The molecule has 2 N–H and O–H groups in total. The summed E-state index contributed by atoms with van der Waals surface area (Å²) in [4.78, 5) is 39.9. The summed E-state index contributed by atoms with van der Waals surface area (Å²) in [5.74, 6) is -0.541. The summed E-state index contributed by atoms with van der Waals surface area (Å²) in [5.41, 5.74) is 1.48. The van der Waals surface area contributed by atoms with Crippen LogP contribution in [0.25, 0.3) is 10.9 Å². The third kappa shape index (κ3) is 4.08. The van der Waals surface area contributed by atoms with Crippen LogP contribution in [0.3, 0.4) is 0 Å². The number of piperazine rings is 1. The maximum atomic E-state index is 13.0. The van der Waals surface area contributed by atoms with Crippen LogP contribution in [0, 0.1) is 0 Å². The fourth-order valence-corrected chi connectivity index (χ4v) is 3.60. The Hall–Kier alpha value is -3.52. The molecule has 0 spiro atoms. The van der Waals surface area contributed by atoms with E-state index in [9.17, 15) is 14.4 Å². The van der Waals surface area contributed by atoms with Gasteiger partial charge in [0.15, 0.2) is 5.69 Å². The summed E-state index contributed by atoms with van der Waals surface area (Å²) < 4.78 is 1.53. The summed E-state index contributed by atoms with van der Waals surface area (Å²) in [7, 11) is 1.70. The van der Waals surface area contributed by atoms with Crippen molar-refractivity contribution in [2.45, 2.75) is 6.42 Å². The van der Waals surface area contributed by atoms with E-state index in [0.29, 0.717) is 42.8 Å². The minimum Gasteiger partial charge on any atom is -0.335 e. The Morgan fingerprint density at radius 1 is 1.10 bits per heavy atom. The molecule has 0 saturated carbocycles. The van der Waals surface area contributed by atoms with Crippen LogP contribution in [0.2, 0.25) is 0 Å². The van der Waals surface area contributed by atoms with Gasteiger partial charge in [0, 0.05) is 38.9 Å². The van der Waals surface area contributed by atoms with Gasteiger partial charge in [-0.2, -0.15) is 5.10 Å². The molecule has 8 nitrogen and oxygen atoms in total. The number of anilines is 1. The molecule has 1 aromatic heterocycles. The predicted molar refractivity (Wildman–Crippen MR) is 115 cm³/mol. The van der Waals surface area contributed by atoms with Crippen molar-refractivity contribution >= 4 is 28.4 Å². The Balaban J connectivity index is 1.62. The van der Waals surface area contributed by atoms with Crippen molar-refractivity contribution in [2.75, 3.05) is 31.5 Å². The van der Waals surface area contributed by atoms with E-state index < -0.39 is 5.43 Å². The first-order valence-corrected chi connectivity index (χ1v) is 9.88. The van der Waals surface area contributed by atoms with Crippen molar-refractivity contribution < 1.29 is 9.59 Å². The minimum atomic E-state index is -0.425. The van der Waals surface area contributed by atoms with Crippen LogP contribution in [0.4, 0.5) is 5.69 Å². The number of nitrogens with one attached hydrogen (secondary N) is 2. The van der Waals surface area contributed by atoms with Gasteiger partial charge >= 0.3 is 0 Å². The third-order valence-corrected chi connectivity index (χ3v) is 5.15. The number of aromatic nitrogens is 2. The van der Waals surface area contributed by atoms with Gasteiger partial charge in [0.2, 0.25) is 11.3 Å². The van der Waals surface area contributed by atoms with Crippen LogP contribution < -0.4 is 16.1 Å². The second-order valence-electron chi connectivity index (χ2n) is 7.29. The molecule has 1 aliphatic heterocycles. The molecular weight excluding hydrogens is 382 g/mol. The Kier molecular flexibility index (Phi) is 5.58. The number of fused-ring (bicyclic) bond motifs is 1. The largest absolute Gasteiger partial charge is 0.335 e. The number of nitrogens with zero attached hydrogens (tertiary/aromatic N) is 3. The summed E-state index contributed by atoms with van der Waals surface area (Å²) >= 11 is 0. The molecule has 2 aromatic carbocycles. The lowest BCUT2D eigenvalue weighted by atomic mass is 10.1. The molecule has 2 heterocycles. The zero-order valence-corrected chi connectivity index (χ0v) is 16.7. The highest BCUT2D eigenvalue weighted by molar-refractivity contribution is 5.98. The highest BCUT2D eigenvalue weighted by Gasteiger charge is 2.24. The Bertz CT molecular complexity index is 1150. The molecule has 154 valence electrons. The number of aryl methyl sites for hydroxylation is 1. The number of carbonyl (C=O) groups is 2. The molecule has 0 unspecified atom stereocenters. The number of amides is 2. The first-order valence-electron chi connectivity index (χ1n) is 9.88. The van der Waals surface area contributed by atoms with E-state index in [1.165, 1.54) is 4.68 Å². The Morgan fingerprint density at radius 2 is 1.83 bits per heavy atom. The van der Waals surface area contributed by atoms with Crippen molar-refractivity contribution in [1.82, 2.24) is 20.0 Å². The van der Waals surface area contributed by atoms with Crippen molar-refractivity contribution in [2.24, 2.45) is 7.05 Å². The van der Waals surface area contributed by atoms with E-state index in [4.69, 9.17) is 0 Å². The maximum absolute atomic E-state index is 13.0. The van der Waals surface area contributed by atoms with Crippen molar-refractivity contribution in [3.63, 3.8) is 0 Å². The molecule has 3 aromatic rings. The number of benzene rings is 2. The number of hydrogen-bond acceptors (Lipinski definition) is 5. The molecular formula is C22H23N5O3. The van der Waals surface area contributed by atoms with Crippen LogP contribution in [0.5, 0.6) is 0 Å². The molecule has 1 aliphatic rings. The lowest BCUT2D eigenvalue weighted by Gasteiger charge is -2.27. The zero-order valence-electron chi connectivity index (χ0n) is 16.7. The second kappa shape index (κ2) is 8.46. The summed E-state index contributed by atoms with van der Waals surface area (Å²) in [5, 5.41) is 10.6. The van der Waals surface area contributed by atoms with E-state index in [2.05, 4.69) is 15.7 Å². The molecule has 1 fully saturated rings. The third-order valence-electron chi connectivity index (χ3n) is 5.15.